The number of furan rings is 1. The van der Waals surface area contributed by atoms with E-state index >= 15 is 0 Å². The fraction of sp³-hybridized carbons (Fsp3) is 0.0323. The topological polar surface area (TPSA) is 16.4 Å². The van der Waals surface area contributed by atoms with Crippen LogP contribution in [0.1, 0.15) is 33.4 Å². The molecule has 1 aromatic heterocycles. The quantitative estimate of drug-likeness (QED) is 0.176. The lowest BCUT2D eigenvalue weighted by Crippen LogP contribution is -2.29. The zero-order valence-corrected chi connectivity index (χ0v) is 34.9. The van der Waals surface area contributed by atoms with Crippen molar-refractivity contribution in [3.8, 4) is 55.6 Å². The first-order valence-electron chi connectivity index (χ1n) is 22.3. The summed E-state index contributed by atoms with van der Waals surface area (Å²) in [6.07, 6.45) is 0.947. The highest BCUT2D eigenvalue weighted by Gasteiger charge is 2.51. The van der Waals surface area contributed by atoms with Crippen LogP contribution in [0.15, 0.2) is 229 Å². The van der Waals surface area contributed by atoms with Crippen LogP contribution in [0, 0.1) is 0 Å². The van der Waals surface area contributed by atoms with Gasteiger partial charge in [-0.2, -0.15) is 0 Å². The van der Waals surface area contributed by atoms with E-state index in [1.165, 1.54) is 89.0 Å². The predicted octanol–water partition coefficient (Wildman–Crippen LogP) is 16.3. The van der Waals surface area contributed by atoms with Crippen molar-refractivity contribution in [3.05, 3.63) is 258 Å². The first kappa shape index (κ1) is 35.4. The summed E-state index contributed by atoms with van der Waals surface area (Å²) in [6, 6.07) is 83.2. The fourth-order valence-corrected chi connectivity index (χ4v) is 11.7. The van der Waals surface area contributed by atoms with Crippen LogP contribution >= 0.6 is 0 Å². The summed E-state index contributed by atoms with van der Waals surface area (Å²) >= 11 is 0. The van der Waals surface area contributed by atoms with E-state index in [1.807, 2.05) is 0 Å². The Kier molecular flexibility index (Phi) is 7.41. The van der Waals surface area contributed by atoms with Crippen molar-refractivity contribution in [3.63, 3.8) is 0 Å². The molecular formula is C62H39NO. The lowest BCUT2D eigenvalue weighted by molar-refractivity contribution is 0.669. The number of nitrogens with zero attached hydrogens (tertiary/aromatic N) is 1. The number of hydrogen-bond acceptors (Lipinski definition) is 2. The molecule has 64 heavy (non-hydrogen) atoms. The van der Waals surface area contributed by atoms with Gasteiger partial charge in [0.15, 0.2) is 5.58 Å². The van der Waals surface area contributed by atoms with E-state index in [9.17, 15) is 0 Å². The normalized spacial score (nSPS) is 14.9. The van der Waals surface area contributed by atoms with Crippen LogP contribution < -0.4 is 4.90 Å². The van der Waals surface area contributed by atoms with Gasteiger partial charge in [0, 0.05) is 22.1 Å². The Bertz CT molecular complexity index is 3710. The molecule has 0 saturated carbocycles. The molecule has 0 saturated heterocycles. The summed E-state index contributed by atoms with van der Waals surface area (Å²) in [6.45, 7) is 0. The molecule has 0 fully saturated rings. The highest BCUT2D eigenvalue weighted by molar-refractivity contribution is 6.11. The molecule has 298 valence electrons. The monoisotopic (exact) mass is 813 g/mol. The van der Waals surface area contributed by atoms with Gasteiger partial charge in [-0.25, -0.2) is 0 Å². The maximum absolute atomic E-state index is 6.84. The van der Waals surface area contributed by atoms with Crippen molar-refractivity contribution < 1.29 is 4.42 Å². The maximum atomic E-state index is 6.84. The molecule has 1 unspecified atom stereocenters. The molecule has 0 amide bonds. The van der Waals surface area contributed by atoms with Crippen LogP contribution in [0.5, 0.6) is 0 Å². The predicted molar refractivity (Wildman–Crippen MR) is 264 cm³/mol. The van der Waals surface area contributed by atoms with Crippen molar-refractivity contribution in [2.75, 3.05) is 4.90 Å². The highest BCUT2D eigenvalue weighted by atomic mass is 16.3. The Labute approximate surface area is 372 Å². The second-order valence-corrected chi connectivity index (χ2v) is 17.5. The van der Waals surface area contributed by atoms with E-state index in [0.717, 1.165) is 45.4 Å². The number of para-hydroxylation sites is 2. The Morgan fingerprint density at radius 1 is 0.359 bits per heavy atom. The van der Waals surface area contributed by atoms with Crippen LogP contribution in [0.4, 0.5) is 17.1 Å². The van der Waals surface area contributed by atoms with Crippen molar-refractivity contribution in [2.45, 2.75) is 11.8 Å². The molecule has 2 heteroatoms. The van der Waals surface area contributed by atoms with Gasteiger partial charge in [-0.05, 0) is 132 Å². The molecular weight excluding hydrogens is 775 g/mol. The average molecular weight is 814 g/mol. The molecule has 3 aliphatic carbocycles. The molecule has 0 radical (unpaired) electrons. The van der Waals surface area contributed by atoms with Crippen molar-refractivity contribution >= 4 is 39.0 Å². The third kappa shape index (κ3) is 4.80. The zero-order chi connectivity index (χ0) is 41.9. The number of anilines is 3. The molecule has 0 N–H and O–H groups in total. The van der Waals surface area contributed by atoms with Crippen LogP contribution in [0.25, 0.3) is 77.6 Å². The van der Waals surface area contributed by atoms with Crippen LogP contribution in [-0.2, 0) is 11.8 Å². The Morgan fingerprint density at radius 2 is 0.969 bits per heavy atom. The lowest BCUT2D eigenvalue weighted by Gasteiger charge is -2.36. The minimum absolute atomic E-state index is 0.645. The van der Waals surface area contributed by atoms with Gasteiger partial charge in [-0.3, -0.25) is 0 Å². The van der Waals surface area contributed by atoms with Gasteiger partial charge >= 0.3 is 0 Å². The van der Waals surface area contributed by atoms with Crippen LogP contribution in [0.3, 0.4) is 0 Å². The van der Waals surface area contributed by atoms with Crippen LogP contribution in [-0.4, -0.2) is 0 Å². The summed E-state index contributed by atoms with van der Waals surface area (Å²) in [5, 5.41) is 2.21. The number of hydrogen-bond donors (Lipinski definition) is 0. The van der Waals surface area contributed by atoms with Gasteiger partial charge in [0.2, 0.25) is 0 Å². The summed E-state index contributed by atoms with van der Waals surface area (Å²) in [5.41, 5.74) is 25.0. The zero-order valence-electron chi connectivity index (χ0n) is 34.9. The Hall–Kier alpha value is -8.20. The van der Waals surface area contributed by atoms with Crippen molar-refractivity contribution in [1.29, 1.82) is 0 Å². The first-order chi connectivity index (χ1) is 31.8. The van der Waals surface area contributed by atoms with E-state index < -0.39 is 5.41 Å². The second-order valence-electron chi connectivity index (χ2n) is 17.5. The fourth-order valence-electron chi connectivity index (χ4n) is 11.7. The van der Waals surface area contributed by atoms with Gasteiger partial charge in [0.25, 0.3) is 0 Å². The standard InChI is InChI=1S/C62H39NO/c1-2-15-39(16-3-1)40-29-32-43(33-30-40)63(57-27-14-24-51-50-22-10-13-28-58(50)64-61(51)57)44-34-35-49-47-20-7-6-19-46(47)48-21-8-11-25-53(48)62(56(49)38-44)54-26-12-9-23-52(54)60-55(62)36-31-42-37-41-17-4-5-18-45(41)59(42)60/h1-36,38H,37H2. The van der Waals surface area contributed by atoms with Gasteiger partial charge in [-0.1, -0.05) is 188 Å². The summed E-state index contributed by atoms with van der Waals surface area (Å²) in [4.78, 5) is 2.41. The minimum atomic E-state index is -0.645. The lowest BCUT2D eigenvalue weighted by atomic mass is 9.65. The van der Waals surface area contributed by atoms with Gasteiger partial charge < -0.3 is 9.32 Å². The number of fused-ring (bicyclic) bond motifs is 19. The molecule has 1 spiro atoms. The van der Waals surface area contributed by atoms with E-state index in [1.54, 1.807) is 0 Å². The molecule has 2 nitrogen and oxygen atoms in total. The molecule has 0 aliphatic heterocycles. The maximum Gasteiger partial charge on any atom is 0.159 e. The highest BCUT2D eigenvalue weighted by Crippen LogP contribution is 2.64. The van der Waals surface area contributed by atoms with Crippen LogP contribution in [0.2, 0.25) is 0 Å². The summed E-state index contributed by atoms with van der Waals surface area (Å²) in [7, 11) is 0. The van der Waals surface area contributed by atoms with E-state index in [4.69, 9.17) is 4.42 Å². The smallest absolute Gasteiger partial charge is 0.159 e. The molecule has 11 aromatic rings. The van der Waals surface area contributed by atoms with E-state index in [2.05, 4.69) is 229 Å². The van der Waals surface area contributed by atoms with E-state index in [-0.39, 0.29) is 0 Å². The largest absolute Gasteiger partial charge is 0.454 e. The Morgan fingerprint density at radius 3 is 1.78 bits per heavy atom. The third-order valence-electron chi connectivity index (χ3n) is 14.3. The van der Waals surface area contributed by atoms with Gasteiger partial charge in [0.1, 0.15) is 5.58 Å². The summed E-state index contributed by atoms with van der Waals surface area (Å²) in [5.74, 6) is 0. The molecule has 14 rings (SSSR count). The molecule has 10 aromatic carbocycles. The Balaban J connectivity index is 1.10. The first-order valence-corrected chi connectivity index (χ1v) is 22.3. The molecule has 1 heterocycles. The van der Waals surface area contributed by atoms with Gasteiger partial charge in [0.05, 0.1) is 11.1 Å². The van der Waals surface area contributed by atoms with E-state index in [0.29, 0.717) is 0 Å². The second kappa shape index (κ2) is 13.4. The minimum Gasteiger partial charge on any atom is -0.454 e. The third-order valence-corrected chi connectivity index (χ3v) is 14.3. The number of rotatable bonds is 4. The molecule has 0 bridgehead atoms. The summed E-state index contributed by atoms with van der Waals surface area (Å²) < 4.78 is 6.84. The van der Waals surface area contributed by atoms with Crippen molar-refractivity contribution in [1.82, 2.24) is 0 Å². The number of benzene rings is 10. The molecule has 1 atom stereocenters. The van der Waals surface area contributed by atoms with Crippen molar-refractivity contribution in [2.24, 2.45) is 0 Å². The van der Waals surface area contributed by atoms with Gasteiger partial charge in [-0.15, -0.1) is 0 Å². The SMILES string of the molecule is c1ccc(-c2ccc(N(c3ccc4c(c3)C3(c5ccccc5-c5ccccc5-4)c4ccccc4-c4c3ccc3c4-c4ccccc4C3)c3cccc4c3oc3ccccc34)cc2)cc1. The average Bonchev–Trinajstić information content (AvgIpc) is 4.01. The molecule has 3 aliphatic rings.